The molecule has 0 bridgehead atoms. The number of nitriles is 2. The average Bonchev–Trinajstić information content (AvgIpc) is 3.16. The number of morpholine rings is 1. The second kappa shape index (κ2) is 12.8. The van der Waals surface area contributed by atoms with Crippen molar-refractivity contribution in [3.8, 4) is 12.1 Å². The number of nitrogens with one attached hydrogen (secondary N) is 3. The smallest absolute Gasteiger partial charge is 0.270 e. The van der Waals surface area contributed by atoms with Crippen LogP contribution in [0.3, 0.4) is 0 Å². The fourth-order valence-corrected chi connectivity index (χ4v) is 5.14. The van der Waals surface area contributed by atoms with Crippen molar-refractivity contribution in [2.24, 2.45) is 0 Å². The van der Waals surface area contributed by atoms with E-state index in [1.54, 1.807) is 37.3 Å². The van der Waals surface area contributed by atoms with Crippen LogP contribution in [0.1, 0.15) is 20.8 Å². The molecule has 2 atom stereocenters. The van der Waals surface area contributed by atoms with Crippen LogP contribution in [0.2, 0.25) is 0 Å². The normalized spacial score (nSPS) is 18.9. The molecule has 194 valence electrons. The number of carbonyl (C=O) groups is 2. The summed E-state index contributed by atoms with van der Waals surface area (Å²) in [7, 11) is 0. The monoisotopic (exact) mass is 523 g/mol. The standard InChI is InChI=1S/C25H29N7O4S/c1-4-32-24(35)21(37-25(32)20(11-27)23(34)28-9-8-26)12-29-18-6-5-7-19(10-18)30-22(33)15-31-13-16(2)36-17(3)14-31/h5-7,10,12,16-17,29H,4,9,13-15H2,1-3H3,(H,28,34)(H,30,33)/b21-12+,25-20-. The Morgan fingerprint density at radius 2 is 1.92 bits per heavy atom. The first-order valence-corrected chi connectivity index (χ1v) is 12.6. The number of thiazole rings is 1. The minimum atomic E-state index is -0.712. The molecule has 1 fully saturated rings. The van der Waals surface area contributed by atoms with Gasteiger partial charge in [-0.15, -0.1) is 11.3 Å². The molecule has 11 nitrogen and oxygen atoms in total. The number of hydrogen-bond donors (Lipinski definition) is 3. The van der Waals surface area contributed by atoms with Crippen LogP contribution in [0.25, 0.3) is 11.8 Å². The van der Waals surface area contributed by atoms with Gasteiger partial charge in [0.25, 0.3) is 11.5 Å². The van der Waals surface area contributed by atoms with Gasteiger partial charge in [-0.25, -0.2) is 0 Å². The number of ether oxygens (including phenoxy) is 1. The molecule has 1 aromatic carbocycles. The molecule has 2 aromatic rings. The highest BCUT2D eigenvalue weighted by Gasteiger charge is 2.23. The maximum absolute atomic E-state index is 12.9. The Morgan fingerprint density at radius 1 is 1.22 bits per heavy atom. The molecule has 0 saturated carbocycles. The summed E-state index contributed by atoms with van der Waals surface area (Å²) in [5, 5.41) is 26.5. The van der Waals surface area contributed by atoms with Crippen molar-refractivity contribution >= 4 is 46.3 Å². The highest BCUT2D eigenvalue weighted by atomic mass is 32.1. The molecule has 37 heavy (non-hydrogen) atoms. The van der Waals surface area contributed by atoms with E-state index in [0.29, 0.717) is 29.0 Å². The minimum absolute atomic E-state index is 0.0726. The number of amides is 2. The summed E-state index contributed by atoms with van der Waals surface area (Å²) >= 11 is 1.00. The number of carbonyl (C=O) groups excluding carboxylic acids is 2. The van der Waals surface area contributed by atoms with E-state index in [-0.39, 0.29) is 53.5 Å². The van der Waals surface area contributed by atoms with Gasteiger partial charge in [-0.05, 0) is 39.0 Å². The zero-order chi connectivity index (χ0) is 26.9. The van der Waals surface area contributed by atoms with Crippen LogP contribution in [0.15, 0.2) is 29.1 Å². The zero-order valence-corrected chi connectivity index (χ0v) is 21.7. The second-order valence-corrected chi connectivity index (χ2v) is 9.55. The van der Waals surface area contributed by atoms with Crippen molar-refractivity contribution in [1.29, 1.82) is 10.5 Å². The first-order chi connectivity index (χ1) is 17.7. The molecule has 0 radical (unpaired) electrons. The topological polar surface area (TPSA) is 152 Å². The van der Waals surface area contributed by atoms with E-state index in [9.17, 15) is 19.6 Å². The van der Waals surface area contributed by atoms with E-state index in [2.05, 4.69) is 20.9 Å². The van der Waals surface area contributed by atoms with Gasteiger partial charge in [0, 0.05) is 37.2 Å². The fraction of sp³-hybridized carbons (Fsp3) is 0.400. The van der Waals surface area contributed by atoms with Crippen molar-refractivity contribution in [3.63, 3.8) is 0 Å². The molecule has 1 aliphatic heterocycles. The van der Waals surface area contributed by atoms with E-state index >= 15 is 0 Å². The number of hydrogen-bond acceptors (Lipinski definition) is 9. The molecular weight excluding hydrogens is 494 g/mol. The molecule has 2 heterocycles. The molecule has 12 heteroatoms. The minimum Gasteiger partial charge on any atom is -0.373 e. The lowest BCUT2D eigenvalue weighted by Crippen LogP contribution is -2.48. The Labute approximate surface area is 218 Å². The van der Waals surface area contributed by atoms with E-state index in [1.165, 1.54) is 10.8 Å². The number of aromatic nitrogens is 1. The van der Waals surface area contributed by atoms with Gasteiger partial charge in [0.15, 0.2) is 5.57 Å². The van der Waals surface area contributed by atoms with Crippen LogP contribution in [0, 0.1) is 22.7 Å². The number of benzene rings is 1. The van der Waals surface area contributed by atoms with Crippen LogP contribution >= 0.6 is 11.3 Å². The summed E-state index contributed by atoms with van der Waals surface area (Å²) in [4.78, 5) is 39.8. The maximum atomic E-state index is 12.9. The first-order valence-electron chi connectivity index (χ1n) is 11.8. The molecule has 1 aromatic heterocycles. The third-order valence-corrected chi connectivity index (χ3v) is 6.61. The maximum Gasteiger partial charge on any atom is 0.270 e. The Bertz CT molecular complexity index is 1410. The third kappa shape index (κ3) is 7.27. The predicted molar refractivity (Wildman–Crippen MR) is 141 cm³/mol. The summed E-state index contributed by atoms with van der Waals surface area (Å²) in [5.74, 6) is -0.846. The van der Waals surface area contributed by atoms with Gasteiger partial charge in [-0.2, -0.15) is 10.5 Å². The summed E-state index contributed by atoms with van der Waals surface area (Å²) < 4.78 is 7.56. The van der Waals surface area contributed by atoms with Gasteiger partial charge < -0.3 is 20.7 Å². The lowest BCUT2D eigenvalue weighted by Gasteiger charge is -2.34. The number of nitrogens with zero attached hydrogens (tertiary/aromatic N) is 4. The molecule has 2 amide bonds. The van der Waals surface area contributed by atoms with Crippen LogP contribution < -0.4 is 30.7 Å². The second-order valence-electron chi connectivity index (χ2n) is 8.52. The zero-order valence-electron chi connectivity index (χ0n) is 20.9. The van der Waals surface area contributed by atoms with Crippen molar-refractivity contribution in [2.75, 3.05) is 36.8 Å². The fourth-order valence-electron chi connectivity index (χ4n) is 4.05. The summed E-state index contributed by atoms with van der Waals surface area (Å²) in [5.41, 5.74) is 0.659. The van der Waals surface area contributed by atoms with Gasteiger partial charge >= 0.3 is 0 Å². The molecule has 0 spiro atoms. The molecule has 2 unspecified atom stereocenters. The Morgan fingerprint density at radius 3 is 2.57 bits per heavy atom. The average molecular weight is 524 g/mol. The number of anilines is 2. The van der Waals surface area contributed by atoms with E-state index < -0.39 is 5.91 Å². The summed E-state index contributed by atoms with van der Waals surface area (Å²) in [6.07, 6.45) is 1.65. The Hall–Kier alpha value is -3.97. The number of rotatable bonds is 8. The van der Waals surface area contributed by atoms with Crippen molar-refractivity contribution in [2.45, 2.75) is 39.5 Å². The van der Waals surface area contributed by atoms with Gasteiger partial charge in [0.2, 0.25) is 5.91 Å². The van der Waals surface area contributed by atoms with Crippen LogP contribution in [-0.2, 0) is 20.9 Å². The molecule has 1 saturated heterocycles. The quantitative estimate of drug-likeness (QED) is 0.413. The summed E-state index contributed by atoms with van der Waals surface area (Å²) in [6, 6.07) is 10.7. The van der Waals surface area contributed by atoms with Crippen molar-refractivity contribution in [3.05, 3.63) is 43.8 Å². The lowest BCUT2D eigenvalue weighted by molar-refractivity contribution is -0.121. The largest absolute Gasteiger partial charge is 0.373 e. The van der Waals surface area contributed by atoms with Gasteiger partial charge in [0.1, 0.15) is 21.8 Å². The van der Waals surface area contributed by atoms with Crippen LogP contribution in [0.4, 0.5) is 11.4 Å². The van der Waals surface area contributed by atoms with Gasteiger partial charge in [-0.1, -0.05) is 6.07 Å². The molecule has 0 aliphatic carbocycles. The van der Waals surface area contributed by atoms with E-state index in [1.807, 2.05) is 19.9 Å². The molecule has 3 N–H and O–H groups in total. The highest BCUT2D eigenvalue weighted by molar-refractivity contribution is 7.07. The van der Waals surface area contributed by atoms with Crippen molar-refractivity contribution < 1.29 is 14.3 Å². The SMILES string of the molecule is CCn1c(=O)/c(=C\Nc2cccc(NC(=O)CN3CC(C)OC(C)C3)c2)s/c1=C(/C#N)C(=O)NCC#N. The van der Waals surface area contributed by atoms with E-state index in [0.717, 1.165) is 11.3 Å². The molecular formula is C25H29N7O4S. The van der Waals surface area contributed by atoms with Crippen LogP contribution in [-0.4, -0.2) is 59.7 Å². The third-order valence-electron chi connectivity index (χ3n) is 5.48. The van der Waals surface area contributed by atoms with E-state index in [4.69, 9.17) is 10.00 Å². The Balaban J connectivity index is 1.78. The predicted octanol–water partition coefficient (Wildman–Crippen LogP) is 0.142. The van der Waals surface area contributed by atoms with Crippen molar-refractivity contribution in [1.82, 2.24) is 14.8 Å². The summed E-state index contributed by atoms with van der Waals surface area (Å²) in [6.45, 7) is 7.37. The Kier molecular flexibility index (Phi) is 9.57. The van der Waals surface area contributed by atoms with Gasteiger partial charge in [0.05, 0.1) is 24.8 Å². The highest BCUT2D eigenvalue weighted by Crippen LogP contribution is 2.16. The van der Waals surface area contributed by atoms with Crippen LogP contribution in [0.5, 0.6) is 0 Å². The first kappa shape index (κ1) is 27.6. The molecule has 3 rings (SSSR count). The lowest BCUT2D eigenvalue weighted by atomic mass is 10.2. The molecule has 1 aliphatic rings. The van der Waals surface area contributed by atoms with Gasteiger partial charge in [-0.3, -0.25) is 23.9 Å².